The van der Waals surface area contributed by atoms with E-state index in [0.717, 1.165) is 9.13 Å². The van der Waals surface area contributed by atoms with E-state index in [1.807, 2.05) is 11.4 Å². The van der Waals surface area contributed by atoms with E-state index in [1.54, 1.807) is 48.5 Å². The van der Waals surface area contributed by atoms with Crippen LogP contribution in [0.3, 0.4) is 0 Å². The van der Waals surface area contributed by atoms with Gasteiger partial charge in [0, 0.05) is 0 Å². The SMILES string of the molecule is N#Cc1cccc(Cn2c(O)c(C(=O)NCC(=O)O)c(=O)n(Cc3ccccc3)c2=O)c1. The zero-order chi connectivity index (χ0) is 23.3. The monoisotopic (exact) mass is 434 g/mol. The van der Waals surface area contributed by atoms with Gasteiger partial charge in [-0.2, -0.15) is 5.26 Å². The molecule has 3 aromatic rings. The number of carboxylic acids is 1. The second-order valence-corrected chi connectivity index (χ2v) is 6.83. The van der Waals surface area contributed by atoms with Gasteiger partial charge in [-0.3, -0.25) is 23.5 Å². The molecule has 32 heavy (non-hydrogen) atoms. The highest BCUT2D eigenvalue weighted by atomic mass is 16.4. The van der Waals surface area contributed by atoms with Crippen molar-refractivity contribution in [3.05, 3.63) is 97.7 Å². The first-order valence-corrected chi connectivity index (χ1v) is 9.41. The number of carboxylic acid groups (broad SMARTS) is 1. The molecule has 0 atom stereocenters. The molecule has 0 spiro atoms. The number of benzene rings is 2. The number of rotatable bonds is 7. The van der Waals surface area contributed by atoms with Crippen LogP contribution in [0.1, 0.15) is 27.0 Å². The maximum Gasteiger partial charge on any atom is 0.334 e. The molecule has 0 aliphatic carbocycles. The molecule has 3 rings (SSSR count). The molecule has 0 radical (unpaired) electrons. The molecular formula is C22H18N4O6. The lowest BCUT2D eigenvalue weighted by molar-refractivity contribution is -0.135. The fraction of sp³-hybridized carbons (Fsp3) is 0.136. The second-order valence-electron chi connectivity index (χ2n) is 6.83. The number of hydrogen-bond donors (Lipinski definition) is 3. The molecule has 2 aromatic carbocycles. The summed E-state index contributed by atoms with van der Waals surface area (Å²) in [7, 11) is 0. The van der Waals surface area contributed by atoms with Gasteiger partial charge in [0.1, 0.15) is 6.54 Å². The molecule has 0 fully saturated rings. The smallest absolute Gasteiger partial charge is 0.334 e. The molecule has 1 heterocycles. The van der Waals surface area contributed by atoms with Gasteiger partial charge in [0.05, 0.1) is 24.7 Å². The van der Waals surface area contributed by atoms with Gasteiger partial charge >= 0.3 is 11.7 Å². The number of aromatic nitrogens is 2. The highest BCUT2D eigenvalue weighted by molar-refractivity contribution is 5.97. The van der Waals surface area contributed by atoms with Crippen LogP contribution in [0.15, 0.2) is 64.2 Å². The van der Waals surface area contributed by atoms with E-state index in [4.69, 9.17) is 10.4 Å². The van der Waals surface area contributed by atoms with E-state index in [-0.39, 0.29) is 13.1 Å². The van der Waals surface area contributed by atoms with Crippen LogP contribution in [0.4, 0.5) is 0 Å². The lowest BCUT2D eigenvalue weighted by atomic mass is 10.1. The first-order valence-electron chi connectivity index (χ1n) is 9.41. The topological polar surface area (TPSA) is 154 Å². The van der Waals surface area contributed by atoms with Crippen molar-refractivity contribution in [2.45, 2.75) is 13.1 Å². The summed E-state index contributed by atoms with van der Waals surface area (Å²) in [6.07, 6.45) is 0. The maximum atomic E-state index is 13.1. The number of aliphatic carboxylic acids is 1. The summed E-state index contributed by atoms with van der Waals surface area (Å²) < 4.78 is 1.62. The maximum absolute atomic E-state index is 13.1. The van der Waals surface area contributed by atoms with E-state index in [2.05, 4.69) is 0 Å². The van der Waals surface area contributed by atoms with Crippen LogP contribution in [-0.2, 0) is 17.9 Å². The van der Waals surface area contributed by atoms with Gasteiger partial charge in [0.2, 0.25) is 5.88 Å². The van der Waals surface area contributed by atoms with Gasteiger partial charge in [0.25, 0.3) is 11.5 Å². The van der Waals surface area contributed by atoms with E-state index in [1.165, 1.54) is 6.07 Å². The Morgan fingerprint density at radius 3 is 2.28 bits per heavy atom. The number of amides is 1. The minimum absolute atomic E-state index is 0.170. The molecule has 0 unspecified atom stereocenters. The van der Waals surface area contributed by atoms with E-state index in [0.29, 0.717) is 16.7 Å². The molecular weight excluding hydrogens is 416 g/mol. The average molecular weight is 434 g/mol. The standard InChI is InChI=1S/C22H18N4O6/c23-10-15-7-4-8-16(9-15)13-26-21(31)18(19(29)24-11-17(27)28)20(30)25(22(26)32)12-14-5-2-1-3-6-14/h1-9,31H,11-13H2,(H,24,29)(H,27,28). The van der Waals surface area contributed by atoms with Crippen LogP contribution >= 0.6 is 0 Å². The minimum atomic E-state index is -1.34. The van der Waals surface area contributed by atoms with Crippen LogP contribution in [0.25, 0.3) is 0 Å². The van der Waals surface area contributed by atoms with Crippen molar-refractivity contribution in [1.29, 1.82) is 5.26 Å². The third-order valence-electron chi connectivity index (χ3n) is 4.61. The number of nitriles is 1. The van der Waals surface area contributed by atoms with Crippen LogP contribution in [0, 0.1) is 11.3 Å². The van der Waals surface area contributed by atoms with Gasteiger partial charge in [-0.15, -0.1) is 0 Å². The Hall–Kier alpha value is -4.65. The van der Waals surface area contributed by atoms with E-state index in [9.17, 15) is 24.3 Å². The van der Waals surface area contributed by atoms with E-state index < -0.39 is 41.1 Å². The first-order chi connectivity index (χ1) is 15.3. The molecule has 0 aliphatic rings. The van der Waals surface area contributed by atoms with Gasteiger partial charge in [0.15, 0.2) is 5.56 Å². The first kappa shape index (κ1) is 22.0. The fourth-order valence-corrected chi connectivity index (χ4v) is 3.10. The van der Waals surface area contributed by atoms with Crippen molar-refractivity contribution in [3.8, 4) is 11.9 Å². The summed E-state index contributed by atoms with van der Waals surface area (Å²) >= 11 is 0. The number of hydrogen-bond acceptors (Lipinski definition) is 6. The zero-order valence-electron chi connectivity index (χ0n) is 16.7. The predicted molar refractivity (Wildman–Crippen MR) is 112 cm³/mol. The van der Waals surface area contributed by atoms with Crippen LogP contribution in [0.5, 0.6) is 5.88 Å². The van der Waals surface area contributed by atoms with Crippen molar-refractivity contribution >= 4 is 11.9 Å². The Balaban J connectivity index is 2.17. The fourth-order valence-electron chi connectivity index (χ4n) is 3.10. The largest absolute Gasteiger partial charge is 0.494 e. The zero-order valence-corrected chi connectivity index (χ0v) is 16.7. The Morgan fingerprint density at radius 1 is 0.969 bits per heavy atom. The molecule has 0 saturated carbocycles. The summed E-state index contributed by atoms with van der Waals surface area (Å²) in [5, 5.41) is 30.6. The normalized spacial score (nSPS) is 10.3. The van der Waals surface area contributed by atoms with Gasteiger partial charge in [-0.1, -0.05) is 42.5 Å². The summed E-state index contributed by atoms with van der Waals surface area (Å²) in [5.74, 6) is -3.37. The van der Waals surface area contributed by atoms with Gasteiger partial charge in [-0.05, 0) is 23.3 Å². The van der Waals surface area contributed by atoms with Crippen molar-refractivity contribution in [3.63, 3.8) is 0 Å². The summed E-state index contributed by atoms with van der Waals surface area (Å²) in [4.78, 5) is 49.3. The third-order valence-corrected chi connectivity index (χ3v) is 4.61. The van der Waals surface area contributed by atoms with E-state index >= 15 is 0 Å². The highest BCUT2D eigenvalue weighted by Crippen LogP contribution is 2.14. The molecule has 10 nitrogen and oxygen atoms in total. The summed E-state index contributed by atoms with van der Waals surface area (Å²) in [6.45, 7) is -1.18. The number of nitrogens with zero attached hydrogens (tertiary/aromatic N) is 3. The lowest BCUT2D eigenvalue weighted by Crippen LogP contribution is -2.45. The Labute approximate surface area is 181 Å². The summed E-state index contributed by atoms with van der Waals surface area (Å²) in [6, 6.07) is 16.8. The molecule has 3 N–H and O–H groups in total. The molecule has 0 aliphatic heterocycles. The van der Waals surface area contributed by atoms with Crippen LogP contribution in [0.2, 0.25) is 0 Å². The van der Waals surface area contributed by atoms with Crippen molar-refractivity contribution in [2.24, 2.45) is 0 Å². The number of carbonyl (C=O) groups excluding carboxylic acids is 1. The molecule has 162 valence electrons. The second kappa shape index (κ2) is 9.44. The Morgan fingerprint density at radius 2 is 1.62 bits per heavy atom. The molecule has 1 aromatic heterocycles. The van der Waals surface area contributed by atoms with Gasteiger partial charge in [-0.25, -0.2) is 4.79 Å². The minimum Gasteiger partial charge on any atom is -0.494 e. The number of carbonyl (C=O) groups is 2. The average Bonchev–Trinajstić information content (AvgIpc) is 2.79. The van der Waals surface area contributed by atoms with Crippen molar-refractivity contribution < 1.29 is 19.8 Å². The van der Waals surface area contributed by atoms with Crippen molar-refractivity contribution in [1.82, 2.24) is 14.5 Å². The lowest BCUT2D eigenvalue weighted by Gasteiger charge is -2.16. The van der Waals surface area contributed by atoms with Crippen LogP contribution in [-0.4, -0.2) is 37.8 Å². The van der Waals surface area contributed by atoms with Crippen molar-refractivity contribution in [2.75, 3.05) is 6.54 Å². The molecule has 1 amide bonds. The molecule has 10 heteroatoms. The molecule has 0 bridgehead atoms. The Kier molecular flexibility index (Phi) is 6.50. The summed E-state index contributed by atoms with van der Waals surface area (Å²) in [5.41, 5.74) is -1.27. The van der Waals surface area contributed by atoms with Crippen LogP contribution < -0.4 is 16.6 Å². The quantitative estimate of drug-likeness (QED) is 0.489. The van der Waals surface area contributed by atoms with Gasteiger partial charge < -0.3 is 15.5 Å². The number of aromatic hydroxyl groups is 1. The molecule has 0 saturated heterocycles. The highest BCUT2D eigenvalue weighted by Gasteiger charge is 2.25. The third kappa shape index (κ3) is 4.73. The Bertz CT molecular complexity index is 1340. The number of nitrogens with one attached hydrogen (secondary N) is 1. The predicted octanol–water partition coefficient (Wildman–Crippen LogP) is 0.498.